The van der Waals surface area contributed by atoms with Crippen LogP contribution in [0.3, 0.4) is 0 Å². The number of hydrogen-bond acceptors (Lipinski definition) is 1. The zero-order valence-corrected chi connectivity index (χ0v) is 9.46. The minimum atomic E-state index is 0.260. The molecule has 2 unspecified atom stereocenters. The van der Waals surface area contributed by atoms with Crippen molar-refractivity contribution >= 4 is 5.78 Å². The summed E-state index contributed by atoms with van der Waals surface area (Å²) in [5, 5.41) is 0. The smallest absolute Gasteiger partial charge is 0.158 e. The topological polar surface area (TPSA) is 17.1 Å². The fourth-order valence-electron chi connectivity index (χ4n) is 2.09. The van der Waals surface area contributed by atoms with Crippen LogP contribution in [0, 0.1) is 11.8 Å². The first kappa shape index (κ1) is 11.5. The van der Waals surface area contributed by atoms with Crippen LogP contribution in [0.2, 0.25) is 0 Å². The van der Waals surface area contributed by atoms with Crippen LogP contribution in [0.5, 0.6) is 0 Å². The number of rotatable bonds is 5. The van der Waals surface area contributed by atoms with E-state index in [1.807, 2.05) is 6.92 Å². The van der Waals surface area contributed by atoms with Crippen LogP contribution in [0.15, 0.2) is 12.2 Å². The van der Waals surface area contributed by atoms with Gasteiger partial charge in [0.1, 0.15) is 0 Å². The van der Waals surface area contributed by atoms with E-state index in [0.717, 1.165) is 6.42 Å². The predicted octanol–water partition coefficient (Wildman–Crippen LogP) is 3.74. The quantitative estimate of drug-likeness (QED) is 0.609. The van der Waals surface area contributed by atoms with Gasteiger partial charge in [0.2, 0.25) is 0 Å². The first-order chi connectivity index (χ1) is 6.74. The number of carbonyl (C=O) groups is 1. The number of hydrogen-bond donors (Lipinski definition) is 0. The van der Waals surface area contributed by atoms with E-state index in [1.54, 1.807) is 6.08 Å². The van der Waals surface area contributed by atoms with Crippen LogP contribution in [-0.2, 0) is 4.79 Å². The molecule has 0 aromatic carbocycles. The van der Waals surface area contributed by atoms with Crippen molar-refractivity contribution in [1.82, 2.24) is 0 Å². The first-order valence-electron chi connectivity index (χ1n) is 5.96. The lowest BCUT2D eigenvalue weighted by Crippen LogP contribution is -2.17. The van der Waals surface area contributed by atoms with Gasteiger partial charge in [-0.05, 0) is 24.8 Å². The fourth-order valence-corrected chi connectivity index (χ4v) is 2.09. The van der Waals surface area contributed by atoms with E-state index in [-0.39, 0.29) is 5.92 Å². The lowest BCUT2D eigenvalue weighted by atomic mass is 9.84. The Hall–Kier alpha value is -0.590. The van der Waals surface area contributed by atoms with Gasteiger partial charge in [0.25, 0.3) is 0 Å². The average molecular weight is 194 g/mol. The molecule has 1 heteroatoms. The van der Waals surface area contributed by atoms with E-state index in [0.29, 0.717) is 11.7 Å². The molecule has 0 saturated carbocycles. The Morgan fingerprint density at radius 1 is 1.36 bits per heavy atom. The van der Waals surface area contributed by atoms with Crippen molar-refractivity contribution in [1.29, 1.82) is 0 Å². The Morgan fingerprint density at radius 3 is 2.79 bits per heavy atom. The minimum Gasteiger partial charge on any atom is -0.295 e. The van der Waals surface area contributed by atoms with Gasteiger partial charge in [0.05, 0.1) is 0 Å². The molecule has 0 aromatic heterocycles. The number of carbonyl (C=O) groups excluding carboxylic acids is 1. The van der Waals surface area contributed by atoms with Gasteiger partial charge in [0.15, 0.2) is 5.78 Å². The molecule has 0 heterocycles. The van der Waals surface area contributed by atoms with Gasteiger partial charge in [-0.25, -0.2) is 0 Å². The van der Waals surface area contributed by atoms with Crippen LogP contribution in [0.1, 0.15) is 52.4 Å². The molecule has 0 spiro atoms. The standard InChI is InChI=1S/C13H22O/c1-3-4-5-6-7-12-8-9-13(14)11(2)10-12/h8-9,11-12H,3-7,10H2,1-2H3. The third-order valence-electron chi connectivity index (χ3n) is 3.10. The van der Waals surface area contributed by atoms with Crippen molar-refractivity contribution < 1.29 is 4.79 Å². The molecule has 2 atom stereocenters. The third kappa shape index (κ3) is 3.65. The molecule has 0 aromatic rings. The summed E-state index contributed by atoms with van der Waals surface area (Å²) in [6.07, 6.45) is 11.6. The van der Waals surface area contributed by atoms with Crippen LogP contribution in [0.25, 0.3) is 0 Å². The highest BCUT2D eigenvalue weighted by molar-refractivity contribution is 5.92. The molecule has 0 N–H and O–H groups in total. The summed E-state index contributed by atoms with van der Waals surface area (Å²) < 4.78 is 0. The Bertz CT molecular complexity index is 205. The second kappa shape index (κ2) is 6.00. The largest absolute Gasteiger partial charge is 0.295 e. The summed E-state index contributed by atoms with van der Waals surface area (Å²) in [6.45, 7) is 4.28. The van der Waals surface area contributed by atoms with Crippen LogP contribution >= 0.6 is 0 Å². The molecular formula is C13H22O. The van der Waals surface area contributed by atoms with Crippen molar-refractivity contribution in [3.8, 4) is 0 Å². The summed E-state index contributed by atoms with van der Waals surface area (Å²) in [6, 6.07) is 0. The number of allylic oxidation sites excluding steroid dienone is 2. The maximum absolute atomic E-state index is 11.2. The third-order valence-corrected chi connectivity index (χ3v) is 3.10. The van der Waals surface area contributed by atoms with Gasteiger partial charge in [-0.1, -0.05) is 45.6 Å². The summed E-state index contributed by atoms with van der Waals surface area (Å²) in [4.78, 5) is 11.2. The Kier molecular flexibility index (Phi) is 4.92. The molecule has 1 rings (SSSR count). The Balaban J connectivity index is 2.20. The molecule has 0 bridgehead atoms. The molecule has 14 heavy (non-hydrogen) atoms. The van der Waals surface area contributed by atoms with E-state index in [2.05, 4.69) is 13.0 Å². The monoisotopic (exact) mass is 194 g/mol. The van der Waals surface area contributed by atoms with Gasteiger partial charge in [-0.3, -0.25) is 4.79 Å². The molecule has 0 fully saturated rings. The van der Waals surface area contributed by atoms with Gasteiger partial charge in [-0.2, -0.15) is 0 Å². The van der Waals surface area contributed by atoms with E-state index < -0.39 is 0 Å². The SMILES string of the molecule is CCCCCCC1C=CC(=O)C(C)C1. The van der Waals surface area contributed by atoms with Gasteiger partial charge in [-0.15, -0.1) is 0 Å². The highest BCUT2D eigenvalue weighted by Crippen LogP contribution is 2.25. The summed E-state index contributed by atoms with van der Waals surface area (Å²) in [5.74, 6) is 1.24. The number of unbranched alkanes of at least 4 members (excludes halogenated alkanes) is 3. The van der Waals surface area contributed by atoms with E-state index >= 15 is 0 Å². The minimum absolute atomic E-state index is 0.260. The summed E-state index contributed by atoms with van der Waals surface area (Å²) >= 11 is 0. The number of ketones is 1. The van der Waals surface area contributed by atoms with Crippen molar-refractivity contribution in [3.05, 3.63) is 12.2 Å². The molecular weight excluding hydrogens is 172 g/mol. The maximum Gasteiger partial charge on any atom is 0.158 e. The molecule has 80 valence electrons. The highest BCUT2D eigenvalue weighted by atomic mass is 16.1. The lowest BCUT2D eigenvalue weighted by Gasteiger charge is -2.20. The molecule has 0 radical (unpaired) electrons. The molecule has 0 aliphatic heterocycles. The first-order valence-corrected chi connectivity index (χ1v) is 5.96. The van der Waals surface area contributed by atoms with Crippen molar-refractivity contribution in [2.24, 2.45) is 11.8 Å². The second-order valence-electron chi connectivity index (χ2n) is 4.51. The molecule has 1 nitrogen and oxygen atoms in total. The Morgan fingerprint density at radius 2 is 2.14 bits per heavy atom. The van der Waals surface area contributed by atoms with Crippen molar-refractivity contribution in [3.63, 3.8) is 0 Å². The summed E-state index contributed by atoms with van der Waals surface area (Å²) in [5.41, 5.74) is 0. The normalized spacial score (nSPS) is 26.9. The van der Waals surface area contributed by atoms with Crippen LogP contribution < -0.4 is 0 Å². The van der Waals surface area contributed by atoms with Gasteiger partial charge < -0.3 is 0 Å². The molecule has 1 aliphatic carbocycles. The van der Waals surface area contributed by atoms with E-state index in [4.69, 9.17) is 0 Å². The highest BCUT2D eigenvalue weighted by Gasteiger charge is 2.19. The zero-order chi connectivity index (χ0) is 10.4. The van der Waals surface area contributed by atoms with Crippen LogP contribution in [-0.4, -0.2) is 5.78 Å². The predicted molar refractivity (Wildman–Crippen MR) is 60.2 cm³/mol. The van der Waals surface area contributed by atoms with E-state index in [1.165, 1.54) is 32.1 Å². The maximum atomic E-state index is 11.2. The van der Waals surface area contributed by atoms with Gasteiger partial charge >= 0.3 is 0 Å². The van der Waals surface area contributed by atoms with Crippen LogP contribution in [0.4, 0.5) is 0 Å². The van der Waals surface area contributed by atoms with Crippen molar-refractivity contribution in [2.75, 3.05) is 0 Å². The van der Waals surface area contributed by atoms with Crippen molar-refractivity contribution in [2.45, 2.75) is 52.4 Å². The van der Waals surface area contributed by atoms with Gasteiger partial charge in [0, 0.05) is 5.92 Å². The molecule has 0 amide bonds. The zero-order valence-electron chi connectivity index (χ0n) is 9.46. The second-order valence-corrected chi connectivity index (χ2v) is 4.51. The lowest BCUT2D eigenvalue weighted by molar-refractivity contribution is -0.118. The fraction of sp³-hybridized carbons (Fsp3) is 0.769. The summed E-state index contributed by atoms with van der Waals surface area (Å²) in [7, 11) is 0. The molecule has 1 aliphatic rings. The average Bonchev–Trinajstić information content (AvgIpc) is 2.18. The Labute approximate surface area is 87.6 Å². The van der Waals surface area contributed by atoms with E-state index in [9.17, 15) is 4.79 Å². The molecule has 0 saturated heterocycles.